The minimum Gasteiger partial charge on any atom is -0.496 e. The maximum absolute atomic E-state index is 12.3. The lowest BCUT2D eigenvalue weighted by Gasteiger charge is -2.13. The first-order valence-electron chi connectivity index (χ1n) is 10.4. The van der Waals surface area contributed by atoms with Gasteiger partial charge in [0.2, 0.25) is 5.91 Å². The van der Waals surface area contributed by atoms with Crippen molar-refractivity contribution < 1.29 is 9.53 Å². The maximum Gasteiger partial charge on any atom is 0.242 e. The van der Waals surface area contributed by atoms with Crippen molar-refractivity contribution in [1.29, 1.82) is 0 Å². The zero-order chi connectivity index (χ0) is 23.2. The standard InChI is InChI=1S/C26H23N5O2/c1-17(27-2)26(32)31-25-9-7-21(22-16-29-13-11-24(22)33-3)23(30-25)8-5-18-4-6-20-15-28-12-10-19(20)14-18/h4,6-7,9-17,27H,1-3H3,(H,30,31,32). The molecule has 0 fully saturated rings. The number of methoxy groups -OCH3 is 1. The van der Waals surface area contributed by atoms with E-state index in [-0.39, 0.29) is 11.9 Å². The fourth-order valence-corrected chi connectivity index (χ4v) is 3.26. The molecule has 0 saturated heterocycles. The van der Waals surface area contributed by atoms with E-state index in [0.29, 0.717) is 17.3 Å². The quantitative estimate of drug-likeness (QED) is 0.464. The molecule has 164 valence electrons. The molecule has 0 spiro atoms. The monoisotopic (exact) mass is 437 g/mol. The fourth-order valence-electron chi connectivity index (χ4n) is 3.26. The number of nitrogens with one attached hydrogen (secondary N) is 2. The number of ether oxygens (including phenoxy) is 1. The van der Waals surface area contributed by atoms with Crippen LogP contribution < -0.4 is 15.4 Å². The van der Waals surface area contributed by atoms with Crippen LogP contribution in [0.1, 0.15) is 18.2 Å². The van der Waals surface area contributed by atoms with Crippen molar-refractivity contribution in [2.75, 3.05) is 19.5 Å². The number of nitrogens with zero attached hydrogens (tertiary/aromatic N) is 3. The lowest BCUT2D eigenvalue weighted by atomic mass is 10.0. The van der Waals surface area contributed by atoms with Crippen LogP contribution in [0.5, 0.6) is 5.75 Å². The maximum atomic E-state index is 12.3. The van der Waals surface area contributed by atoms with Gasteiger partial charge in [0, 0.05) is 46.9 Å². The molecule has 1 aromatic carbocycles. The van der Waals surface area contributed by atoms with Gasteiger partial charge < -0.3 is 15.4 Å². The highest BCUT2D eigenvalue weighted by atomic mass is 16.5. The van der Waals surface area contributed by atoms with Crippen LogP contribution in [-0.2, 0) is 4.79 Å². The number of rotatable bonds is 5. The SMILES string of the molecule is CNC(C)C(=O)Nc1ccc(-c2cnccc2OC)c(C#Cc2ccc3cnccc3c2)n1. The number of benzene rings is 1. The molecule has 3 heterocycles. The minimum atomic E-state index is -0.355. The molecule has 33 heavy (non-hydrogen) atoms. The average Bonchev–Trinajstić information content (AvgIpc) is 2.86. The first kappa shape index (κ1) is 21.9. The smallest absolute Gasteiger partial charge is 0.242 e. The number of hydrogen-bond donors (Lipinski definition) is 2. The van der Waals surface area contributed by atoms with Gasteiger partial charge in [-0.05, 0) is 61.7 Å². The van der Waals surface area contributed by atoms with Crippen LogP contribution >= 0.6 is 0 Å². The van der Waals surface area contributed by atoms with Gasteiger partial charge >= 0.3 is 0 Å². The summed E-state index contributed by atoms with van der Waals surface area (Å²) >= 11 is 0. The van der Waals surface area contributed by atoms with Gasteiger partial charge in [-0.15, -0.1) is 0 Å². The molecule has 7 nitrogen and oxygen atoms in total. The van der Waals surface area contributed by atoms with Crippen LogP contribution in [0.4, 0.5) is 5.82 Å². The van der Waals surface area contributed by atoms with Crippen LogP contribution in [0.15, 0.2) is 67.3 Å². The molecule has 0 aliphatic heterocycles. The third-order valence-corrected chi connectivity index (χ3v) is 5.23. The molecular formula is C26H23N5O2. The van der Waals surface area contributed by atoms with Gasteiger partial charge in [-0.3, -0.25) is 14.8 Å². The predicted molar refractivity (Wildman–Crippen MR) is 129 cm³/mol. The van der Waals surface area contributed by atoms with E-state index in [9.17, 15) is 4.79 Å². The molecule has 0 aliphatic carbocycles. The Morgan fingerprint density at radius 1 is 0.970 bits per heavy atom. The predicted octanol–water partition coefficient (Wildman–Crippen LogP) is 3.65. The zero-order valence-corrected chi connectivity index (χ0v) is 18.6. The molecule has 3 aromatic heterocycles. The van der Waals surface area contributed by atoms with E-state index in [1.165, 1.54) is 0 Å². The van der Waals surface area contributed by atoms with Gasteiger partial charge in [-0.25, -0.2) is 4.98 Å². The van der Waals surface area contributed by atoms with E-state index in [1.54, 1.807) is 51.8 Å². The first-order valence-corrected chi connectivity index (χ1v) is 10.4. The third kappa shape index (κ3) is 4.97. The van der Waals surface area contributed by atoms with E-state index >= 15 is 0 Å². The van der Waals surface area contributed by atoms with E-state index < -0.39 is 0 Å². The van der Waals surface area contributed by atoms with Crippen molar-refractivity contribution in [2.24, 2.45) is 0 Å². The van der Waals surface area contributed by atoms with Gasteiger partial charge in [0.15, 0.2) is 0 Å². The summed E-state index contributed by atoms with van der Waals surface area (Å²) in [6.07, 6.45) is 6.95. The van der Waals surface area contributed by atoms with Crippen LogP contribution in [0, 0.1) is 11.8 Å². The normalized spacial score (nSPS) is 11.4. The Bertz CT molecular complexity index is 1370. The Morgan fingerprint density at radius 3 is 2.61 bits per heavy atom. The van der Waals surface area contributed by atoms with Crippen LogP contribution in [0.25, 0.3) is 21.9 Å². The molecule has 1 atom stereocenters. The Balaban J connectivity index is 1.78. The van der Waals surface area contributed by atoms with Crippen molar-refractivity contribution in [3.63, 3.8) is 0 Å². The summed E-state index contributed by atoms with van der Waals surface area (Å²) in [4.78, 5) is 25.3. The van der Waals surface area contributed by atoms with Crippen molar-refractivity contribution in [2.45, 2.75) is 13.0 Å². The molecule has 2 N–H and O–H groups in total. The lowest BCUT2D eigenvalue weighted by molar-refractivity contribution is -0.117. The number of anilines is 1. The van der Waals surface area contributed by atoms with Crippen LogP contribution in [-0.4, -0.2) is 41.1 Å². The fraction of sp³-hybridized carbons (Fsp3) is 0.154. The van der Waals surface area contributed by atoms with Crippen LogP contribution in [0.2, 0.25) is 0 Å². The second kappa shape index (κ2) is 9.90. The molecule has 0 radical (unpaired) electrons. The van der Waals surface area contributed by atoms with Crippen LogP contribution in [0.3, 0.4) is 0 Å². The summed E-state index contributed by atoms with van der Waals surface area (Å²) in [5, 5.41) is 7.85. The van der Waals surface area contributed by atoms with Crippen molar-refractivity contribution in [3.8, 4) is 28.7 Å². The second-order valence-corrected chi connectivity index (χ2v) is 7.36. The topological polar surface area (TPSA) is 89.0 Å². The highest BCUT2D eigenvalue weighted by Crippen LogP contribution is 2.31. The van der Waals surface area contributed by atoms with Crippen molar-refractivity contribution in [1.82, 2.24) is 20.3 Å². The Kier molecular flexibility index (Phi) is 6.58. The lowest BCUT2D eigenvalue weighted by Crippen LogP contribution is -2.35. The number of pyridine rings is 3. The Hall–Kier alpha value is -4.28. The molecule has 0 bridgehead atoms. The number of fused-ring (bicyclic) bond motifs is 1. The number of carbonyl (C=O) groups excluding carboxylic acids is 1. The highest BCUT2D eigenvalue weighted by Gasteiger charge is 2.15. The van der Waals surface area contributed by atoms with Gasteiger partial charge in [-0.2, -0.15) is 0 Å². The molecule has 1 amide bonds. The summed E-state index contributed by atoms with van der Waals surface area (Å²) in [6.45, 7) is 1.78. The highest BCUT2D eigenvalue weighted by molar-refractivity contribution is 5.94. The third-order valence-electron chi connectivity index (χ3n) is 5.23. The molecule has 7 heteroatoms. The Morgan fingerprint density at radius 2 is 1.79 bits per heavy atom. The Labute approximate surface area is 192 Å². The number of carbonyl (C=O) groups is 1. The van der Waals surface area contributed by atoms with Gasteiger partial charge in [0.25, 0.3) is 0 Å². The van der Waals surface area contributed by atoms with Gasteiger partial charge in [0.1, 0.15) is 17.3 Å². The van der Waals surface area contributed by atoms with Gasteiger partial charge in [-0.1, -0.05) is 12.0 Å². The number of amides is 1. The summed E-state index contributed by atoms with van der Waals surface area (Å²) in [7, 11) is 3.33. The molecule has 4 rings (SSSR count). The summed E-state index contributed by atoms with van der Waals surface area (Å²) < 4.78 is 5.51. The average molecular weight is 438 g/mol. The van der Waals surface area contributed by atoms with Crippen molar-refractivity contribution in [3.05, 3.63) is 78.5 Å². The summed E-state index contributed by atoms with van der Waals surface area (Å²) in [6, 6.07) is 12.9. The second-order valence-electron chi connectivity index (χ2n) is 7.36. The van der Waals surface area contributed by atoms with E-state index in [2.05, 4.69) is 37.4 Å². The van der Waals surface area contributed by atoms with E-state index in [1.807, 2.05) is 36.5 Å². The summed E-state index contributed by atoms with van der Waals surface area (Å²) in [5.41, 5.74) is 2.88. The minimum absolute atomic E-state index is 0.182. The number of hydrogen-bond acceptors (Lipinski definition) is 6. The summed E-state index contributed by atoms with van der Waals surface area (Å²) in [5.74, 6) is 7.27. The largest absolute Gasteiger partial charge is 0.496 e. The molecule has 0 aliphatic rings. The van der Waals surface area contributed by atoms with E-state index in [4.69, 9.17) is 4.74 Å². The number of likely N-dealkylation sites (N-methyl/N-ethyl adjacent to an activating group) is 1. The molecule has 1 unspecified atom stereocenters. The number of aromatic nitrogens is 3. The molecular weight excluding hydrogens is 414 g/mol. The molecule has 4 aromatic rings. The van der Waals surface area contributed by atoms with Gasteiger partial charge in [0.05, 0.1) is 13.2 Å². The zero-order valence-electron chi connectivity index (χ0n) is 18.6. The van der Waals surface area contributed by atoms with E-state index in [0.717, 1.165) is 27.5 Å². The molecule has 0 saturated carbocycles. The van der Waals surface area contributed by atoms with Crippen molar-refractivity contribution >= 4 is 22.5 Å². The first-order chi connectivity index (χ1) is 16.1.